The van der Waals surface area contributed by atoms with E-state index < -0.39 is 18.6 Å². The summed E-state index contributed by atoms with van der Waals surface area (Å²) in [6, 6.07) is 3.82. The molecule has 1 aromatic heterocycles. The number of aliphatic imine (C=N–C) groups is 1. The van der Waals surface area contributed by atoms with Gasteiger partial charge in [0.25, 0.3) is 0 Å². The molecule has 1 aromatic rings. The van der Waals surface area contributed by atoms with Gasteiger partial charge in [-0.1, -0.05) is 0 Å². The van der Waals surface area contributed by atoms with Crippen molar-refractivity contribution in [2.75, 3.05) is 33.2 Å². The number of hydrogen-bond acceptors (Lipinski definition) is 2. The summed E-state index contributed by atoms with van der Waals surface area (Å²) >= 11 is 0. The van der Waals surface area contributed by atoms with E-state index in [0.29, 0.717) is 30.5 Å². The van der Waals surface area contributed by atoms with E-state index in [1.165, 1.54) is 0 Å². The van der Waals surface area contributed by atoms with Crippen molar-refractivity contribution in [3.05, 3.63) is 24.5 Å². The van der Waals surface area contributed by atoms with E-state index in [-0.39, 0.29) is 30.5 Å². The monoisotopic (exact) mass is 461 g/mol. The van der Waals surface area contributed by atoms with Gasteiger partial charge < -0.3 is 20.1 Å². The summed E-state index contributed by atoms with van der Waals surface area (Å²) in [5.41, 5.74) is 0. The zero-order valence-corrected chi connectivity index (χ0v) is 16.0. The van der Waals surface area contributed by atoms with E-state index in [4.69, 9.17) is 0 Å². The Morgan fingerprint density at radius 1 is 1.25 bits per heavy atom. The van der Waals surface area contributed by atoms with Crippen LogP contribution in [0.15, 0.2) is 29.5 Å². The molecule has 1 heterocycles. The Labute approximate surface area is 156 Å². The fourth-order valence-corrected chi connectivity index (χ4v) is 1.79. The molecule has 0 spiro atoms. The topological polar surface area (TPSA) is 61.7 Å². The van der Waals surface area contributed by atoms with Crippen molar-refractivity contribution in [1.29, 1.82) is 0 Å². The van der Waals surface area contributed by atoms with Gasteiger partial charge in [0.15, 0.2) is 5.96 Å². The lowest BCUT2D eigenvalue weighted by atomic mass is 10.5. The van der Waals surface area contributed by atoms with Crippen LogP contribution in [0.1, 0.15) is 6.92 Å². The van der Waals surface area contributed by atoms with Crippen LogP contribution in [0.4, 0.5) is 13.2 Å². The Morgan fingerprint density at radius 2 is 1.88 bits per heavy atom. The number of guanidine groups is 1. The highest BCUT2D eigenvalue weighted by Gasteiger charge is 2.30. The van der Waals surface area contributed by atoms with Gasteiger partial charge in [-0.05, 0) is 19.1 Å². The molecule has 1 rings (SSSR count). The third-order valence-electron chi connectivity index (χ3n) is 2.89. The Hall–Kier alpha value is -1.46. The van der Waals surface area contributed by atoms with Crippen LogP contribution in [0.5, 0.6) is 0 Å². The number of amides is 1. The molecule has 0 aliphatic rings. The van der Waals surface area contributed by atoms with E-state index in [1.807, 2.05) is 36.0 Å². The minimum Gasteiger partial charge on any atom is -0.357 e. The Morgan fingerprint density at radius 3 is 2.42 bits per heavy atom. The maximum atomic E-state index is 12.2. The fourth-order valence-electron chi connectivity index (χ4n) is 1.79. The molecule has 0 aliphatic carbocycles. The van der Waals surface area contributed by atoms with Crippen LogP contribution in [0, 0.1) is 0 Å². The molecular weight excluding hydrogens is 438 g/mol. The average Bonchev–Trinajstić information content (AvgIpc) is 2.95. The quantitative estimate of drug-likeness (QED) is 0.369. The molecule has 138 valence electrons. The molecule has 0 bridgehead atoms. The number of carbonyl (C=O) groups excluding carboxylic acids is 1. The predicted octanol–water partition coefficient (Wildman–Crippen LogP) is 1.68. The molecule has 10 heteroatoms. The minimum absolute atomic E-state index is 0. The first kappa shape index (κ1) is 22.5. The van der Waals surface area contributed by atoms with Gasteiger partial charge in [-0.2, -0.15) is 13.2 Å². The fraction of sp³-hybridized carbons (Fsp3) is 0.571. The van der Waals surface area contributed by atoms with Crippen molar-refractivity contribution in [2.24, 2.45) is 4.99 Å². The molecule has 6 nitrogen and oxygen atoms in total. The van der Waals surface area contributed by atoms with Crippen LogP contribution in [0.3, 0.4) is 0 Å². The Balaban J connectivity index is 0.00000529. The molecular formula is C14H23F3IN5O. The van der Waals surface area contributed by atoms with Crippen LogP contribution in [-0.4, -0.2) is 60.7 Å². The number of aromatic nitrogens is 1. The third kappa shape index (κ3) is 9.63. The summed E-state index contributed by atoms with van der Waals surface area (Å²) in [6.45, 7) is 2.11. The van der Waals surface area contributed by atoms with Crippen molar-refractivity contribution in [2.45, 2.75) is 19.6 Å². The van der Waals surface area contributed by atoms with Crippen LogP contribution in [-0.2, 0) is 11.3 Å². The number of halogens is 4. The number of rotatable bonds is 7. The van der Waals surface area contributed by atoms with Crippen molar-refractivity contribution in [3.8, 4) is 0 Å². The van der Waals surface area contributed by atoms with Gasteiger partial charge in [-0.25, -0.2) is 4.99 Å². The largest absolute Gasteiger partial charge is 0.406 e. The van der Waals surface area contributed by atoms with Crippen LogP contribution >= 0.6 is 24.0 Å². The number of likely N-dealkylation sites (N-methyl/N-ethyl adjacent to an activating group) is 1. The van der Waals surface area contributed by atoms with Gasteiger partial charge in [0.2, 0.25) is 5.91 Å². The number of carbonyl (C=O) groups is 1. The van der Waals surface area contributed by atoms with Crippen LogP contribution in [0.25, 0.3) is 0 Å². The first-order valence-corrected chi connectivity index (χ1v) is 7.25. The number of hydrogen-bond donors (Lipinski definition) is 2. The van der Waals surface area contributed by atoms with E-state index in [0.717, 1.165) is 7.05 Å². The predicted molar refractivity (Wildman–Crippen MR) is 97.5 cm³/mol. The zero-order valence-electron chi connectivity index (χ0n) is 13.6. The van der Waals surface area contributed by atoms with E-state index in [1.54, 1.807) is 0 Å². The standard InChI is InChI=1S/C14H22F3N5O.HI/c1-3-18-13(19-6-9-22-7-4-5-8-22)20-10-12(23)21(2)11-14(15,16)17;/h4-5,7-8H,3,6,9-11H2,1-2H3,(H2,18,19,20);1H. The van der Waals surface area contributed by atoms with E-state index >= 15 is 0 Å². The van der Waals surface area contributed by atoms with Gasteiger partial charge in [0.1, 0.15) is 13.1 Å². The molecule has 0 unspecified atom stereocenters. The molecule has 1 amide bonds. The van der Waals surface area contributed by atoms with Crippen LogP contribution in [0.2, 0.25) is 0 Å². The maximum Gasteiger partial charge on any atom is 0.406 e. The molecule has 0 saturated heterocycles. The van der Waals surface area contributed by atoms with E-state index in [2.05, 4.69) is 15.6 Å². The Bertz CT molecular complexity index is 505. The lowest BCUT2D eigenvalue weighted by Gasteiger charge is -2.18. The molecule has 24 heavy (non-hydrogen) atoms. The minimum atomic E-state index is -4.41. The lowest BCUT2D eigenvalue weighted by molar-refractivity contribution is -0.157. The van der Waals surface area contributed by atoms with Gasteiger partial charge in [-0.15, -0.1) is 24.0 Å². The first-order chi connectivity index (χ1) is 10.8. The van der Waals surface area contributed by atoms with Crippen molar-refractivity contribution >= 4 is 35.8 Å². The Kier molecular flexibility index (Phi) is 10.5. The molecule has 0 radical (unpaired) electrons. The molecule has 0 aliphatic heterocycles. The van der Waals surface area contributed by atoms with Gasteiger partial charge in [0, 0.05) is 39.1 Å². The first-order valence-electron chi connectivity index (χ1n) is 7.25. The molecule has 2 N–H and O–H groups in total. The number of nitrogens with one attached hydrogen (secondary N) is 2. The smallest absolute Gasteiger partial charge is 0.357 e. The average molecular weight is 461 g/mol. The summed E-state index contributed by atoms with van der Waals surface area (Å²) in [7, 11) is 1.11. The normalized spacial score (nSPS) is 11.6. The number of alkyl halides is 3. The summed E-state index contributed by atoms with van der Waals surface area (Å²) in [6.07, 6.45) is -0.573. The summed E-state index contributed by atoms with van der Waals surface area (Å²) in [4.78, 5) is 16.3. The second kappa shape index (κ2) is 11.2. The highest BCUT2D eigenvalue weighted by Crippen LogP contribution is 2.15. The van der Waals surface area contributed by atoms with Gasteiger partial charge in [0.05, 0.1) is 0 Å². The highest BCUT2D eigenvalue weighted by molar-refractivity contribution is 14.0. The second-order valence-corrected chi connectivity index (χ2v) is 4.91. The van der Waals surface area contributed by atoms with Crippen molar-refractivity contribution < 1.29 is 18.0 Å². The summed E-state index contributed by atoms with van der Waals surface area (Å²) in [5, 5.41) is 5.97. The van der Waals surface area contributed by atoms with Gasteiger partial charge in [-0.3, -0.25) is 4.79 Å². The maximum absolute atomic E-state index is 12.2. The third-order valence-corrected chi connectivity index (χ3v) is 2.89. The van der Waals surface area contributed by atoms with Crippen molar-refractivity contribution in [1.82, 2.24) is 20.1 Å². The summed E-state index contributed by atoms with van der Waals surface area (Å²) in [5.74, 6) is -0.293. The molecule has 0 fully saturated rings. The summed E-state index contributed by atoms with van der Waals surface area (Å²) < 4.78 is 38.7. The van der Waals surface area contributed by atoms with Crippen molar-refractivity contribution in [3.63, 3.8) is 0 Å². The lowest BCUT2D eigenvalue weighted by Crippen LogP contribution is -2.41. The number of nitrogens with zero attached hydrogens (tertiary/aromatic N) is 3. The molecule has 0 aromatic carbocycles. The molecule has 0 atom stereocenters. The second-order valence-electron chi connectivity index (χ2n) is 4.91. The zero-order chi connectivity index (χ0) is 17.3. The SMILES string of the molecule is CCNC(=NCC(=O)N(C)CC(F)(F)F)NCCn1cccc1.I. The van der Waals surface area contributed by atoms with E-state index in [9.17, 15) is 18.0 Å². The molecule has 0 saturated carbocycles. The van der Waals surface area contributed by atoms with Gasteiger partial charge >= 0.3 is 6.18 Å². The highest BCUT2D eigenvalue weighted by atomic mass is 127. The van der Waals surface area contributed by atoms with Crippen LogP contribution < -0.4 is 10.6 Å².